The van der Waals surface area contributed by atoms with Gasteiger partial charge in [0.25, 0.3) is 6.08 Å². The van der Waals surface area contributed by atoms with E-state index in [4.69, 9.17) is 0 Å². The molecule has 0 aliphatic carbocycles. The topological polar surface area (TPSA) is 0 Å². The standard InChI is InChI=1S/C2H2F2.C2H4.ClH.3FH/c1-2(3)4;1-2;;;;/h1H2;1-2H2;4*1H. The highest BCUT2D eigenvalue weighted by Gasteiger charge is 1.65. The van der Waals surface area contributed by atoms with E-state index in [9.17, 15) is 8.78 Å². The highest BCUT2D eigenvalue weighted by molar-refractivity contribution is 5.85. The Balaban J connectivity index is -0.00000000625. The van der Waals surface area contributed by atoms with E-state index in [-0.39, 0.29) is 26.5 Å². The van der Waals surface area contributed by atoms with Gasteiger partial charge in [0.15, 0.2) is 0 Å². The molecule has 0 rings (SSSR count). The first-order chi connectivity index (χ1) is 2.73. The summed E-state index contributed by atoms with van der Waals surface area (Å²) in [4.78, 5) is 0. The van der Waals surface area contributed by atoms with Gasteiger partial charge in [-0.05, 0) is 6.58 Å². The first-order valence-electron chi connectivity index (χ1n) is 1.23. The van der Waals surface area contributed by atoms with E-state index in [1.165, 1.54) is 0 Å². The van der Waals surface area contributed by atoms with E-state index in [0.29, 0.717) is 0 Å². The van der Waals surface area contributed by atoms with Crippen molar-refractivity contribution in [3.8, 4) is 0 Å². The van der Waals surface area contributed by atoms with Crippen LogP contribution >= 0.6 is 12.4 Å². The molecular weight excluding hydrogens is 178 g/mol. The fraction of sp³-hybridized carbons (Fsp3) is 0. The van der Waals surface area contributed by atoms with Gasteiger partial charge in [-0.3, -0.25) is 14.1 Å². The minimum absolute atomic E-state index is 0. The summed E-state index contributed by atoms with van der Waals surface area (Å²) in [5.41, 5.74) is 0. The summed E-state index contributed by atoms with van der Waals surface area (Å²) in [6.07, 6.45) is -1.83. The Bertz CT molecular complexity index is 44.9. The van der Waals surface area contributed by atoms with Gasteiger partial charge in [0.2, 0.25) is 0 Å². The predicted molar refractivity (Wildman–Crippen MR) is 37.4 cm³/mol. The zero-order valence-electron chi connectivity index (χ0n) is 5.01. The molecule has 0 aromatic rings. The number of hydrogen-bond donors (Lipinski definition) is 0. The van der Waals surface area contributed by atoms with Gasteiger partial charge < -0.3 is 0 Å². The highest BCUT2D eigenvalue weighted by atomic mass is 35.5. The molecule has 0 spiro atoms. The second-order valence-electron chi connectivity index (χ2n) is 0.339. The van der Waals surface area contributed by atoms with Crippen molar-refractivity contribution in [3.05, 3.63) is 25.8 Å². The smallest absolute Gasteiger partial charge is 0.263 e. The predicted octanol–water partition coefficient (Wildman–Crippen LogP) is 3.08. The minimum atomic E-state index is -1.83. The monoisotopic (exact) mass is 188 g/mol. The molecule has 0 aliphatic rings. The van der Waals surface area contributed by atoms with Gasteiger partial charge in [-0.25, -0.2) is 0 Å². The van der Waals surface area contributed by atoms with Crippen molar-refractivity contribution in [1.29, 1.82) is 0 Å². The molecular formula is C4H10ClF5. The molecule has 10 heavy (non-hydrogen) atoms. The van der Waals surface area contributed by atoms with Crippen LogP contribution in [0.15, 0.2) is 25.8 Å². The second kappa shape index (κ2) is 79.2. The Morgan fingerprint density at radius 1 is 0.900 bits per heavy atom. The van der Waals surface area contributed by atoms with Crippen molar-refractivity contribution in [1.82, 2.24) is 0 Å². The van der Waals surface area contributed by atoms with E-state index in [1.54, 1.807) is 0 Å². The average molecular weight is 189 g/mol. The molecule has 0 aromatic heterocycles. The molecule has 0 nitrogen and oxygen atoms in total. The summed E-state index contributed by atoms with van der Waals surface area (Å²) in [7, 11) is 0. The molecule has 0 heterocycles. The Kier molecular flexibility index (Phi) is 452. The molecule has 0 fully saturated rings. The van der Waals surface area contributed by atoms with Crippen LogP contribution in [0.25, 0.3) is 0 Å². The van der Waals surface area contributed by atoms with Crippen LogP contribution in [0, 0.1) is 0 Å². The number of hydrogen-bond acceptors (Lipinski definition) is 0. The fourth-order valence-electron chi connectivity index (χ4n) is 0. The SMILES string of the molecule is C=C.C=C(F)F.Cl.F.F.F. The summed E-state index contributed by atoms with van der Waals surface area (Å²) in [5, 5.41) is 0. The van der Waals surface area contributed by atoms with Gasteiger partial charge in [-0.2, -0.15) is 8.78 Å². The van der Waals surface area contributed by atoms with E-state index in [2.05, 4.69) is 19.7 Å². The molecule has 0 saturated carbocycles. The second-order valence-corrected chi connectivity index (χ2v) is 0.339. The third-order valence-electron chi connectivity index (χ3n) is 0. The molecule has 6 heteroatoms. The molecule has 0 aliphatic heterocycles. The normalized spacial score (nSPS) is 3.00. The van der Waals surface area contributed by atoms with Crippen LogP contribution in [0.2, 0.25) is 0 Å². The zero-order valence-corrected chi connectivity index (χ0v) is 5.83. The zero-order chi connectivity index (χ0) is 5.58. The largest absolute Gasteiger partial charge is 0.269 e. The lowest BCUT2D eigenvalue weighted by atomic mass is 11.2. The Morgan fingerprint density at radius 3 is 0.900 bits per heavy atom. The van der Waals surface area contributed by atoms with Gasteiger partial charge in [-0.15, -0.1) is 25.6 Å². The maximum atomic E-state index is 10.1. The van der Waals surface area contributed by atoms with Gasteiger partial charge in [0, 0.05) is 0 Å². The van der Waals surface area contributed by atoms with Gasteiger partial charge in [0.05, 0.1) is 0 Å². The van der Waals surface area contributed by atoms with Crippen LogP contribution in [0.5, 0.6) is 0 Å². The van der Waals surface area contributed by atoms with Gasteiger partial charge in [0.1, 0.15) is 0 Å². The van der Waals surface area contributed by atoms with E-state index < -0.39 is 6.08 Å². The maximum Gasteiger partial charge on any atom is 0.263 e. The van der Waals surface area contributed by atoms with Crippen LogP contribution in [-0.4, -0.2) is 0 Å². The Hall–Kier alpha value is -0.580. The van der Waals surface area contributed by atoms with E-state index in [1.807, 2.05) is 0 Å². The number of rotatable bonds is 0. The van der Waals surface area contributed by atoms with Crippen molar-refractivity contribution >= 4 is 12.4 Å². The molecule has 0 saturated heterocycles. The molecule has 0 aromatic carbocycles. The lowest BCUT2D eigenvalue weighted by Gasteiger charge is -1.54. The molecule has 0 radical (unpaired) electrons. The lowest BCUT2D eigenvalue weighted by Crippen LogP contribution is -1.33. The van der Waals surface area contributed by atoms with Crippen molar-refractivity contribution in [2.75, 3.05) is 0 Å². The van der Waals surface area contributed by atoms with Crippen molar-refractivity contribution < 1.29 is 22.9 Å². The van der Waals surface area contributed by atoms with Crippen LogP contribution in [0.1, 0.15) is 0 Å². The maximum absolute atomic E-state index is 10.1. The summed E-state index contributed by atoms with van der Waals surface area (Å²) in [6, 6.07) is 0. The first kappa shape index (κ1) is 57.1. The quantitative estimate of drug-likeness (QED) is 0.405. The van der Waals surface area contributed by atoms with E-state index >= 15 is 0 Å². The highest BCUT2D eigenvalue weighted by Crippen LogP contribution is 1.85. The fourth-order valence-corrected chi connectivity index (χ4v) is 0. The molecule has 0 bridgehead atoms. The molecule has 0 unspecified atom stereocenters. The lowest BCUT2D eigenvalue weighted by molar-refractivity contribution is 0.426. The summed E-state index contributed by atoms with van der Waals surface area (Å²) in [5.74, 6) is 0. The Morgan fingerprint density at radius 2 is 0.900 bits per heavy atom. The van der Waals surface area contributed by atoms with Crippen molar-refractivity contribution in [2.24, 2.45) is 0 Å². The first-order valence-corrected chi connectivity index (χ1v) is 1.23. The van der Waals surface area contributed by atoms with Gasteiger partial charge in [-0.1, -0.05) is 0 Å². The third-order valence-corrected chi connectivity index (χ3v) is 0. The summed E-state index contributed by atoms with van der Waals surface area (Å²) < 4.78 is 20.3. The van der Waals surface area contributed by atoms with Crippen LogP contribution in [0.3, 0.4) is 0 Å². The average Bonchev–Trinajstić information content (AvgIpc) is 1.41. The van der Waals surface area contributed by atoms with Crippen molar-refractivity contribution in [3.63, 3.8) is 0 Å². The molecule has 0 atom stereocenters. The minimum Gasteiger partial charge on any atom is -0.269 e. The van der Waals surface area contributed by atoms with E-state index in [0.717, 1.165) is 0 Å². The third kappa shape index (κ3) is 909. The molecule has 68 valence electrons. The Labute approximate surface area is 62.1 Å². The molecule has 0 N–H and O–H groups in total. The summed E-state index contributed by atoms with van der Waals surface area (Å²) in [6.45, 7) is 8.22. The van der Waals surface area contributed by atoms with Crippen LogP contribution in [0.4, 0.5) is 22.9 Å². The van der Waals surface area contributed by atoms with Crippen LogP contribution in [-0.2, 0) is 0 Å². The van der Waals surface area contributed by atoms with Crippen LogP contribution < -0.4 is 0 Å². The van der Waals surface area contributed by atoms with Gasteiger partial charge >= 0.3 is 0 Å². The number of halogens is 6. The van der Waals surface area contributed by atoms with Crippen molar-refractivity contribution in [2.45, 2.75) is 0 Å². The molecule has 0 amide bonds. The summed E-state index contributed by atoms with van der Waals surface area (Å²) >= 11 is 0.